The smallest absolute Gasteiger partial charge is 0.414 e. The van der Waals surface area contributed by atoms with E-state index in [9.17, 15) is 9.00 Å². The molecular formula is C10H11NO3S. The van der Waals surface area contributed by atoms with Crippen LogP contribution in [-0.4, -0.2) is 29.7 Å². The summed E-state index contributed by atoms with van der Waals surface area (Å²) >= 11 is 0. The SMILES string of the molecule is COC(=O)N1CCS(=O)c2ccccc21. The molecule has 0 saturated carbocycles. The number of anilines is 1. The third kappa shape index (κ3) is 1.74. The quantitative estimate of drug-likeness (QED) is 0.670. The highest BCUT2D eigenvalue weighted by atomic mass is 32.2. The van der Waals surface area contributed by atoms with Gasteiger partial charge in [-0.25, -0.2) is 4.79 Å². The number of hydrogen-bond donors (Lipinski definition) is 0. The highest BCUT2D eigenvalue weighted by Crippen LogP contribution is 2.28. The van der Waals surface area contributed by atoms with Crippen LogP contribution in [0.25, 0.3) is 0 Å². The number of rotatable bonds is 0. The van der Waals surface area contributed by atoms with Gasteiger partial charge < -0.3 is 4.74 Å². The molecule has 0 bridgehead atoms. The number of para-hydroxylation sites is 1. The van der Waals surface area contributed by atoms with Crippen molar-refractivity contribution in [3.8, 4) is 0 Å². The molecule has 2 rings (SSSR count). The molecule has 0 saturated heterocycles. The molecule has 0 spiro atoms. The summed E-state index contributed by atoms with van der Waals surface area (Å²) < 4.78 is 16.3. The second kappa shape index (κ2) is 4.02. The predicted octanol–water partition coefficient (Wildman–Crippen LogP) is 1.38. The second-order valence-electron chi connectivity index (χ2n) is 3.14. The number of fused-ring (bicyclic) bond motifs is 1. The standard InChI is InChI=1S/C10H11NO3S/c1-14-10(12)11-6-7-15(13)9-5-3-2-4-8(9)11/h2-5H,6-7H2,1H3. The van der Waals surface area contributed by atoms with Gasteiger partial charge in [0, 0.05) is 12.3 Å². The Hall–Kier alpha value is -1.36. The van der Waals surface area contributed by atoms with Crippen LogP contribution in [0.15, 0.2) is 29.2 Å². The summed E-state index contributed by atoms with van der Waals surface area (Å²) in [4.78, 5) is 13.7. The molecule has 0 aliphatic carbocycles. The van der Waals surface area contributed by atoms with Gasteiger partial charge in [-0.2, -0.15) is 0 Å². The Bertz CT molecular complexity index is 419. The Morgan fingerprint density at radius 2 is 2.20 bits per heavy atom. The van der Waals surface area contributed by atoms with Crippen molar-refractivity contribution in [1.82, 2.24) is 0 Å². The molecule has 1 heterocycles. The molecule has 0 N–H and O–H groups in total. The lowest BCUT2D eigenvalue weighted by Crippen LogP contribution is -2.38. The van der Waals surface area contributed by atoms with Gasteiger partial charge in [0.1, 0.15) is 0 Å². The molecule has 0 aromatic heterocycles. The van der Waals surface area contributed by atoms with E-state index in [1.165, 1.54) is 12.0 Å². The average Bonchev–Trinajstić information content (AvgIpc) is 2.29. The number of benzene rings is 1. The highest BCUT2D eigenvalue weighted by Gasteiger charge is 2.26. The van der Waals surface area contributed by atoms with Gasteiger partial charge in [-0.05, 0) is 12.1 Å². The zero-order valence-electron chi connectivity index (χ0n) is 8.30. The molecule has 4 nitrogen and oxygen atoms in total. The number of ether oxygens (including phenoxy) is 1. The van der Waals surface area contributed by atoms with Crippen LogP contribution in [0.4, 0.5) is 10.5 Å². The van der Waals surface area contributed by atoms with E-state index in [1.54, 1.807) is 12.1 Å². The van der Waals surface area contributed by atoms with Gasteiger partial charge in [-0.1, -0.05) is 12.1 Å². The molecule has 5 heteroatoms. The minimum Gasteiger partial charge on any atom is -0.452 e. The average molecular weight is 225 g/mol. The first kappa shape index (κ1) is 10.2. The molecule has 1 atom stereocenters. The van der Waals surface area contributed by atoms with E-state index in [4.69, 9.17) is 0 Å². The minimum atomic E-state index is -1.00. The van der Waals surface area contributed by atoms with Gasteiger partial charge in [0.15, 0.2) is 0 Å². The number of nitrogens with zero attached hydrogens (tertiary/aromatic N) is 1. The molecular weight excluding hydrogens is 214 g/mol. The van der Waals surface area contributed by atoms with Crippen LogP contribution < -0.4 is 4.90 Å². The topological polar surface area (TPSA) is 46.6 Å². The van der Waals surface area contributed by atoms with Crippen molar-refractivity contribution in [1.29, 1.82) is 0 Å². The van der Waals surface area contributed by atoms with E-state index in [2.05, 4.69) is 4.74 Å². The molecule has 1 aliphatic rings. The van der Waals surface area contributed by atoms with E-state index < -0.39 is 16.9 Å². The fourth-order valence-electron chi connectivity index (χ4n) is 1.58. The van der Waals surface area contributed by atoms with Gasteiger partial charge >= 0.3 is 6.09 Å². The van der Waals surface area contributed by atoms with Crippen LogP contribution in [0.3, 0.4) is 0 Å². The van der Waals surface area contributed by atoms with Crippen molar-refractivity contribution >= 4 is 22.6 Å². The zero-order chi connectivity index (χ0) is 10.8. The summed E-state index contributed by atoms with van der Waals surface area (Å²) in [6.45, 7) is 0.441. The number of carbonyl (C=O) groups excluding carboxylic acids is 1. The molecule has 15 heavy (non-hydrogen) atoms. The second-order valence-corrected chi connectivity index (χ2v) is 4.68. The summed E-state index contributed by atoms with van der Waals surface area (Å²) in [6.07, 6.45) is -0.404. The molecule has 0 radical (unpaired) electrons. The normalized spacial score (nSPS) is 19.5. The molecule has 1 aromatic rings. The first-order valence-electron chi connectivity index (χ1n) is 4.57. The lowest BCUT2D eigenvalue weighted by atomic mass is 10.3. The van der Waals surface area contributed by atoms with E-state index in [-0.39, 0.29) is 0 Å². The fraction of sp³-hybridized carbons (Fsp3) is 0.300. The minimum absolute atomic E-state index is 0.404. The largest absolute Gasteiger partial charge is 0.452 e. The van der Waals surface area contributed by atoms with Crippen molar-refractivity contribution < 1.29 is 13.7 Å². The van der Waals surface area contributed by atoms with Crippen molar-refractivity contribution in [2.75, 3.05) is 24.3 Å². The maximum absolute atomic E-state index is 11.7. The Morgan fingerprint density at radius 1 is 1.47 bits per heavy atom. The van der Waals surface area contributed by atoms with Gasteiger partial charge in [-0.3, -0.25) is 9.11 Å². The molecule has 1 aliphatic heterocycles. The third-order valence-electron chi connectivity index (χ3n) is 2.30. The van der Waals surface area contributed by atoms with E-state index >= 15 is 0 Å². The summed E-state index contributed by atoms with van der Waals surface area (Å²) in [5.41, 5.74) is 0.689. The third-order valence-corrected chi connectivity index (χ3v) is 3.69. The molecule has 1 aromatic carbocycles. The van der Waals surface area contributed by atoms with Crippen LogP contribution in [0.5, 0.6) is 0 Å². The first-order valence-corrected chi connectivity index (χ1v) is 5.89. The summed E-state index contributed by atoms with van der Waals surface area (Å²) in [7, 11) is 0.340. The van der Waals surface area contributed by atoms with Crippen LogP contribution in [-0.2, 0) is 15.5 Å². The first-order chi connectivity index (χ1) is 7.24. The van der Waals surface area contributed by atoms with Crippen molar-refractivity contribution in [2.24, 2.45) is 0 Å². The maximum Gasteiger partial charge on any atom is 0.414 e. The van der Waals surface area contributed by atoms with Gasteiger partial charge in [-0.15, -0.1) is 0 Å². The predicted molar refractivity (Wildman–Crippen MR) is 57.5 cm³/mol. The molecule has 0 fully saturated rings. The maximum atomic E-state index is 11.7. The lowest BCUT2D eigenvalue weighted by Gasteiger charge is -2.27. The molecule has 1 unspecified atom stereocenters. The van der Waals surface area contributed by atoms with Crippen molar-refractivity contribution in [2.45, 2.75) is 4.90 Å². The highest BCUT2D eigenvalue weighted by molar-refractivity contribution is 7.85. The zero-order valence-corrected chi connectivity index (χ0v) is 9.12. The summed E-state index contributed by atoms with van der Waals surface area (Å²) in [5.74, 6) is 0.464. The summed E-state index contributed by atoms with van der Waals surface area (Å²) in [5, 5.41) is 0. The Morgan fingerprint density at radius 3 is 2.93 bits per heavy atom. The Kier molecular flexibility index (Phi) is 2.73. The van der Waals surface area contributed by atoms with E-state index in [1.807, 2.05) is 12.1 Å². The van der Waals surface area contributed by atoms with Crippen molar-refractivity contribution in [3.63, 3.8) is 0 Å². The Labute approximate surface area is 90.3 Å². The monoisotopic (exact) mass is 225 g/mol. The summed E-state index contributed by atoms with van der Waals surface area (Å²) in [6, 6.07) is 7.19. The number of hydrogen-bond acceptors (Lipinski definition) is 3. The van der Waals surface area contributed by atoms with Gasteiger partial charge in [0.2, 0.25) is 0 Å². The number of carbonyl (C=O) groups is 1. The van der Waals surface area contributed by atoms with Crippen LogP contribution in [0.2, 0.25) is 0 Å². The molecule has 1 amide bonds. The van der Waals surface area contributed by atoms with Gasteiger partial charge in [0.05, 0.1) is 28.5 Å². The van der Waals surface area contributed by atoms with Crippen LogP contribution in [0.1, 0.15) is 0 Å². The van der Waals surface area contributed by atoms with Crippen LogP contribution >= 0.6 is 0 Å². The number of amides is 1. The fourth-order valence-corrected chi connectivity index (χ4v) is 2.79. The van der Waals surface area contributed by atoms with E-state index in [0.717, 1.165) is 0 Å². The Balaban J connectivity index is 2.44. The van der Waals surface area contributed by atoms with Gasteiger partial charge in [0.25, 0.3) is 0 Å². The van der Waals surface area contributed by atoms with E-state index in [0.29, 0.717) is 22.9 Å². The number of methoxy groups -OCH3 is 1. The van der Waals surface area contributed by atoms with Crippen LogP contribution in [0, 0.1) is 0 Å². The molecule has 80 valence electrons. The van der Waals surface area contributed by atoms with Crippen molar-refractivity contribution in [3.05, 3.63) is 24.3 Å². The lowest BCUT2D eigenvalue weighted by molar-refractivity contribution is 0.179.